The maximum absolute atomic E-state index is 13.2. The Kier molecular flexibility index (Phi) is 6.06. The molecular weight excluding hydrogens is 449 g/mol. The summed E-state index contributed by atoms with van der Waals surface area (Å²) in [5.74, 6) is 2.24. The number of aromatic nitrogens is 8. The molecule has 0 unspecified atom stereocenters. The highest BCUT2D eigenvalue weighted by molar-refractivity contribution is 5.80. The number of halogens is 1. The molecule has 4 aromatic heterocycles. The van der Waals surface area contributed by atoms with Crippen LogP contribution in [0.2, 0.25) is 0 Å². The standard InChI is InChI=1S/C24H26FN9O/c1-13-6-20(33-32-13)9-21-29-15(3)30-23(31-21)17-7-18(8-17)24(35)28-14(2)16-4-5-22(26-10-16)34-12-19(25)11-27-34/h4-6,10-12,14,17-18H,7-9H2,1-3H3,(H,28,35)(H,32,33)/t14-,17?,18?/m0/s1. The van der Waals surface area contributed by atoms with E-state index in [-0.39, 0.29) is 23.8 Å². The van der Waals surface area contributed by atoms with E-state index in [4.69, 9.17) is 0 Å². The van der Waals surface area contributed by atoms with E-state index in [1.807, 2.05) is 32.9 Å². The van der Waals surface area contributed by atoms with Crippen LogP contribution < -0.4 is 5.32 Å². The second-order valence-electron chi connectivity index (χ2n) is 9.02. The molecule has 1 amide bonds. The smallest absolute Gasteiger partial charge is 0.223 e. The molecule has 0 aromatic carbocycles. The first-order valence-electron chi connectivity index (χ1n) is 11.5. The summed E-state index contributed by atoms with van der Waals surface area (Å²) in [5.41, 5.74) is 2.74. The van der Waals surface area contributed by atoms with Crippen molar-refractivity contribution >= 4 is 5.91 Å². The molecule has 0 radical (unpaired) electrons. The highest BCUT2D eigenvalue weighted by atomic mass is 19.1. The fourth-order valence-corrected chi connectivity index (χ4v) is 4.22. The van der Waals surface area contributed by atoms with Gasteiger partial charge in [0.2, 0.25) is 5.91 Å². The second-order valence-corrected chi connectivity index (χ2v) is 9.02. The molecule has 1 aliphatic carbocycles. The van der Waals surface area contributed by atoms with Gasteiger partial charge in [-0.1, -0.05) is 6.07 Å². The summed E-state index contributed by atoms with van der Waals surface area (Å²) in [7, 11) is 0. The molecule has 35 heavy (non-hydrogen) atoms. The quantitative estimate of drug-likeness (QED) is 0.421. The molecule has 5 rings (SSSR count). The summed E-state index contributed by atoms with van der Waals surface area (Å²) in [4.78, 5) is 30.7. The number of hydrogen-bond donors (Lipinski definition) is 2. The Morgan fingerprint density at radius 1 is 1.23 bits per heavy atom. The van der Waals surface area contributed by atoms with Crippen LogP contribution in [0.3, 0.4) is 0 Å². The molecule has 1 saturated carbocycles. The summed E-state index contributed by atoms with van der Waals surface area (Å²) < 4.78 is 14.5. The van der Waals surface area contributed by atoms with E-state index in [2.05, 4.69) is 40.5 Å². The largest absolute Gasteiger partial charge is 0.349 e. The molecular formula is C24H26FN9O. The van der Waals surface area contributed by atoms with Gasteiger partial charge in [0, 0.05) is 23.7 Å². The Balaban J connectivity index is 1.16. The van der Waals surface area contributed by atoms with Crippen LogP contribution in [0, 0.1) is 25.6 Å². The molecule has 0 aliphatic heterocycles. The topological polar surface area (TPSA) is 127 Å². The number of nitrogens with zero attached hydrogens (tertiary/aromatic N) is 7. The van der Waals surface area contributed by atoms with Crippen molar-refractivity contribution in [1.82, 2.24) is 45.2 Å². The van der Waals surface area contributed by atoms with E-state index in [0.29, 0.717) is 36.7 Å². The lowest BCUT2D eigenvalue weighted by Crippen LogP contribution is -2.39. The number of amides is 1. The highest BCUT2D eigenvalue weighted by Gasteiger charge is 2.37. The number of pyridine rings is 1. The van der Waals surface area contributed by atoms with Gasteiger partial charge in [-0.15, -0.1) is 0 Å². The van der Waals surface area contributed by atoms with Gasteiger partial charge in [-0.3, -0.25) is 9.89 Å². The van der Waals surface area contributed by atoms with Crippen molar-refractivity contribution < 1.29 is 9.18 Å². The van der Waals surface area contributed by atoms with Crippen LogP contribution >= 0.6 is 0 Å². The van der Waals surface area contributed by atoms with Crippen molar-refractivity contribution in [1.29, 1.82) is 0 Å². The Bertz CT molecular complexity index is 1340. The minimum atomic E-state index is -0.424. The first kappa shape index (κ1) is 22.8. The van der Waals surface area contributed by atoms with E-state index in [1.54, 1.807) is 12.3 Å². The normalized spacial score (nSPS) is 18.2. The van der Waals surface area contributed by atoms with E-state index in [9.17, 15) is 9.18 Å². The highest BCUT2D eigenvalue weighted by Crippen LogP contribution is 2.40. The predicted octanol–water partition coefficient (Wildman–Crippen LogP) is 2.89. The van der Waals surface area contributed by atoms with Gasteiger partial charge < -0.3 is 5.32 Å². The zero-order chi connectivity index (χ0) is 24.5. The number of aromatic amines is 1. The van der Waals surface area contributed by atoms with Gasteiger partial charge in [-0.2, -0.15) is 10.2 Å². The minimum absolute atomic E-state index is 0.00460. The fourth-order valence-electron chi connectivity index (χ4n) is 4.22. The molecule has 2 N–H and O–H groups in total. The zero-order valence-electron chi connectivity index (χ0n) is 19.7. The van der Waals surface area contributed by atoms with Crippen molar-refractivity contribution in [2.45, 2.75) is 52.0 Å². The van der Waals surface area contributed by atoms with Gasteiger partial charge >= 0.3 is 0 Å². The molecule has 4 heterocycles. The van der Waals surface area contributed by atoms with Crippen molar-refractivity contribution in [3.63, 3.8) is 0 Å². The molecule has 4 aromatic rings. The van der Waals surface area contributed by atoms with Gasteiger partial charge in [0.05, 0.1) is 30.6 Å². The zero-order valence-corrected chi connectivity index (χ0v) is 19.7. The summed E-state index contributed by atoms with van der Waals surface area (Å²) >= 11 is 0. The molecule has 1 aliphatic rings. The maximum Gasteiger partial charge on any atom is 0.223 e. The lowest BCUT2D eigenvalue weighted by molar-refractivity contribution is -0.128. The van der Waals surface area contributed by atoms with Crippen LogP contribution in [0.1, 0.15) is 66.1 Å². The van der Waals surface area contributed by atoms with E-state index >= 15 is 0 Å². The Labute approximate surface area is 201 Å². The SMILES string of the molecule is Cc1nc(Cc2cc(C)[nH]n2)nc(C2CC(C(=O)N[C@@H](C)c3ccc(-n4cc(F)cn4)nc3)C2)n1. The molecule has 1 atom stereocenters. The third-order valence-corrected chi connectivity index (χ3v) is 6.20. The molecule has 0 bridgehead atoms. The van der Waals surface area contributed by atoms with Crippen molar-refractivity contribution in [2.24, 2.45) is 5.92 Å². The van der Waals surface area contributed by atoms with Crippen molar-refractivity contribution in [2.75, 3.05) is 0 Å². The Hall–Kier alpha value is -4.02. The van der Waals surface area contributed by atoms with E-state index < -0.39 is 5.82 Å². The van der Waals surface area contributed by atoms with Gasteiger partial charge in [-0.05, 0) is 51.3 Å². The third kappa shape index (κ3) is 5.08. The van der Waals surface area contributed by atoms with Crippen LogP contribution in [-0.2, 0) is 11.2 Å². The molecule has 10 nitrogen and oxygen atoms in total. The van der Waals surface area contributed by atoms with Crippen LogP contribution in [0.5, 0.6) is 0 Å². The third-order valence-electron chi connectivity index (χ3n) is 6.20. The molecule has 11 heteroatoms. The molecule has 0 spiro atoms. The van der Waals surface area contributed by atoms with Gasteiger partial charge in [0.1, 0.15) is 17.5 Å². The Morgan fingerprint density at radius 2 is 2.06 bits per heavy atom. The minimum Gasteiger partial charge on any atom is -0.349 e. The summed E-state index contributed by atoms with van der Waals surface area (Å²) in [6, 6.07) is 5.37. The lowest BCUT2D eigenvalue weighted by Gasteiger charge is -2.34. The average Bonchev–Trinajstić information content (AvgIpc) is 3.40. The maximum atomic E-state index is 13.2. The summed E-state index contributed by atoms with van der Waals surface area (Å²) in [6.07, 6.45) is 5.99. The van der Waals surface area contributed by atoms with E-state index in [1.165, 1.54) is 10.9 Å². The van der Waals surface area contributed by atoms with Crippen LogP contribution in [0.15, 0.2) is 36.8 Å². The first-order chi connectivity index (χ1) is 16.8. The lowest BCUT2D eigenvalue weighted by atomic mass is 9.73. The van der Waals surface area contributed by atoms with Crippen LogP contribution in [0.4, 0.5) is 4.39 Å². The number of hydrogen-bond acceptors (Lipinski definition) is 7. The number of H-pyrrole nitrogens is 1. The number of aryl methyl sites for hydroxylation is 2. The van der Waals surface area contributed by atoms with Gasteiger partial charge in [-0.25, -0.2) is 29.0 Å². The summed E-state index contributed by atoms with van der Waals surface area (Å²) in [5, 5.41) is 14.2. The second kappa shape index (κ2) is 9.32. The number of carbonyl (C=O) groups excluding carboxylic acids is 1. The average molecular weight is 476 g/mol. The number of rotatable bonds is 7. The fraction of sp³-hybridized carbons (Fsp3) is 0.375. The van der Waals surface area contributed by atoms with Gasteiger partial charge in [0.15, 0.2) is 11.6 Å². The van der Waals surface area contributed by atoms with Crippen molar-refractivity contribution in [3.05, 3.63) is 77.0 Å². The molecule has 0 saturated heterocycles. The molecule has 180 valence electrons. The molecule has 1 fully saturated rings. The predicted molar refractivity (Wildman–Crippen MR) is 124 cm³/mol. The van der Waals surface area contributed by atoms with E-state index in [0.717, 1.165) is 29.0 Å². The van der Waals surface area contributed by atoms with Gasteiger partial charge in [0.25, 0.3) is 0 Å². The number of nitrogens with one attached hydrogen (secondary N) is 2. The van der Waals surface area contributed by atoms with Crippen LogP contribution in [0.25, 0.3) is 5.82 Å². The Morgan fingerprint density at radius 3 is 2.71 bits per heavy atom. The first-order valence-corrected chi connectivity index (χ1v) is 11.5. The van der Waals surface area contributed by atoms with Crippen LogP contribution in [-0.4, -0.2) is 45.8 Å². The van der Waals surface area contributed by atoms with Crippen molar-refractivity contribution in [3.8, 4) is 5.82 Å². The monoisotopic (exact) mass is 475 g/mol. The number of carbonyl (C=O) groups is 1. The summed E-state index contributed by atoms with van der Waals surface area (Å²) in [6.45, 7) is 5.73.